The van der Waals surface area contributed by atoms with Gasteiger partial charge in [0.15, 0.2) is 0 Å². The number of rotatable bonds is 5. The first-order valence-corrected chi connectivity index (χ1v) is 6.32. The standard InChI is InChI=1S/C12H26N2O/c1-4-5-6-9-14(3)11-7-8-12(15)13-10(11)2/h10-13,15H,4-9H2,1-3H3/p+1/t10?,11-,12-/m0/s1. The Hall–Kier alpha value is -0.120. The van der Waals surface area contributed by atoms with Crippen molar-refractivity contribution in [3.63, 3.8) is 0 Å². The molecule has 1 rings (SSSR count). The maximum atomic E-state index is 7.67. The maximum absolute atomic E-state index is 7.67. The molecule has 0 saturated carbocycles. The second-order valence-corrected chi connectivity index (χ2v) is 4.84. The minimum Gasteiger partial charge on any atom is -0.431 e. The lowest BCUT2D eigenvalue weighted by atomic mass is 9.97. The molecule has 1 heterocycles. The number of hydrogen-bond acceptors (Lipinski definition) is 2. The fraction of sp³-hybridized carbons (Fsp3) is 1.00. The third kappa shape index (κ3) is 4.09. The average molecular weight is 215 g/mol. The lowest BCUT2D eigenvalue weighted by Gasteiger charge is -2.37. The van der Waals surface area contributed by atoms with E-state index in [1.54, 1.807) is 0 Å². The van der Waals surface area contributed by atoms with Gasteiger partial charge in [-0.2, -0.15) is 0 Å². The van der Waals surface area contributed by atoms with Crippen LogP contribution in [0.3, 0.4) is 0 Å². The van der Waals surface area contributed by atoms with Crippen LogP contribution in [-0.4, -0.2) is 41.9 Å². The second kappa shape index (κ2) is 6.46. The number of hydrogen-bond donors (Lipinski definition) is 1. The molecule has 0 bridgehead atoms. The summed E-state index contributed by atoms with van der Waals surface area (Å²) in [6, 6.07) is 1.09. The van der Waals surface area contributed by atoms with Crippen molar-refractivity contribution < 1.29 is 5.11 Å². The largest absolute Gasteiger partial charge is 0.431 e. The van der Waals surface area contributed by atoms with Crippen molar-refractivity contribution in [2.75, 3.05) is 13.6 Å². The van der Waals surface area contributed by atoms with Gasteiger partial charge in [-0.15, -0.1) is 0 Å². The van der Waals surface area contributed by atoms with Crippen molar-refractivity contribution in [1.82, 2.24) is 10.2 Å². The molecule has 1 aliphatic heterocycles. The summed E-state index contributed by atoms with van der Waals surface area (Å²) in [5.41, 5.74) is 0. The Kier molecular flexibility index (Phi) is 5.58. The molecule has 90 valence electrons. The first-order chi connectivity index (χ1) is 7.15. The van der Waals surface area contributed by atoms with E-state index >= 15 is 0 Å². The van der Waals surface area contributed by atoms with E-state index in [2.05, 4.69) is 31.1 Å². The van der Waals surface area contributed by atoms with Gasteiger partial charge >= 0.3 is 0 Å². The highest BCUT2D eigenvalue weighted by Gasteiger charge is 2.30. The van der Waals surface area contributed by atoms with Crippen molar-refractivity contribution >= 4 is 0 Å². The summed E-state index contributed by atoms with van der Waals surface area (Å²) < 4.78 is 0. The van der Waals surface area contributed by atoms with Crippen LogP contribution < -0.4 is 5.32 Å². The van der Waals surface area contributed by atoms with E-state index in [0.717, 1.165) is 6.42 Å². The summed E-state index contributed by atoms with van der Waals surface area (Å²) >= 11 is 0. The number of piperidine rings is 1. The SMILES string of the molecule is CCCCCN(C)[C@H]1CC[C@H]([OH2+])NC1C. The van der Waals surface area contributed by atoms with Gasteiger partial charge in [0.1, 0.15) is 0 Å². The van der Waals surface area contributed by atoms with Gasteiger partial charge in [-0.05, 0) is 33.4 Å². The average Bonchev–Trinajstić information content (AvgIpc) is 2.17. The zero-order valence-electron chi connectivity index (χ0n) is 10.4. The molecule has 3 N–H and O–H groups in total. The molecule has 1 fully saturated rings. The van der Waals surface area contributed by atoms with E-state index < -0.39 is 0 Å². The first-order valence-electron chi connectivity index (χ1n) is 6.32. The lowest BCUT2D eigenvalue weighted by Crippen LogP contribution is -2.54. The number of likely N-dealkylation sites (N-methyl/N-ethyl adjacent to an activating group) is 1. The number of nitrogens with one attached hydrogen (secondary N) is 1. The lowest BCUT2D eigenvalue weighted by molar-refractivity contribution is 0.0429. The molecule has 3 nitrogen and oxygen atoms in total. The molecule has 0 aromatic rings. The van der Waals surface area contributed by atoms with Crippen LogP contribution in [0.5, 0.6) is 0 Å². The Labute approximate surface area is 93.9 Å². The number of nitrogens with zero attached hydrogens (tertiary/aromatic N) is 1. The van der Waals surface area contributed by atoms with E-state index in [9.17, 15) is 0 Å². The molecule has 15 heavy (non-hydrogen) atoms. The minimum atomic E-state index is -0.0414. The van der Waals surface area contributed by atoms with Crippen LogP contribution in [0.15, 0.2) is 0 Å². The quantitative estimate of drug-likeness (QED) is 0.554. The van der Waals surface area contributed by atoms with Crippen LogP contribution in [-0.2, 0) is 0 Å². The van der Waals surface area contributed by atoms with Gasteiger partial charge in [0.05, 0.1) is 0 Å². The van der Waals surface area contributed by atoms with E-state index in [-0.39, 0.29) is 6.23 Å². The maximum Gasteiger partial charge on any atom is 0.210 e. The van der Waals surface area contributed by atoms with Crippen molar-refractivity contribution in [3.8, 4) is 0 Å². The van der Waals surface area contributed by atoms with Crippen LogP contribution in [0.25, 0.3) is 0 Å². The topological polar surface area (TPSA) is 38.2 Å². The zero-order chi connectivity index (χ0) is 11.3. The van der Waals surface area contributed by atoms with Crippen molar-refractivity contribution in [2.45, 2.75) is 64.3 Å². The molecule has 0 aromatic heterocycles. The number of unbranched alkanes of at least 4 members (excludes halogenated alkanes) is 2. The van der Waals surface area contributed by atoms with Crippen LogP contribution in [0.1, 0.15) is 46.0 Å². The van der Waals surface area contributed by atoms with Gasteiger partial charge in [-0.1, -0.05) is 19.8 Å². The summed E-state index contributed by atoms with van der Waals surface area (Å²) in [5.74, 6) is 0. The van der Waals surface area contributed by atoms with Crippen molar-refractivity contribution in [3.05, 3.63) is 0 Å². The molecule has 1 saturated heterocycles. The first kappa shape index (κ1) is 12.9. The molecule has 3 atom stereocenters. The van der Waals surface area contributed by atoms with Gasteiger partial charge in [-0.3, -0.25) is 0 Å². The molecule has 0 aliphatic carbocycles. The molecule has 3 heteroatoms. The van der Waals surface area contributed by atoms with Gasteiger partial charge < -0.3 is 10.0 Å². The van der Waals surface area contributed by atoms with Crippen LogP contribution in [0, 0.1) is 0 Å². The van der Waals surface area contributed by atoms with Crippen LogP contribution >= 0.6 is 0 Å². The summed E-state index contributed by atoms with van der Waals surface area (Å²) in [6.45, 7) is 5.66. The normalized spacial score (nSPS) is 32.2. The Morgan fingerprint density at radius 2 is 2.07 bits per heavy atom. The Morgan fingerprint density at radius 1 is 1.33 bits per heavy atom. The Balaban J connectivity index is 2.28. The van der Waals surface area contributed by atoms with Gasteiger partial charge in [-0.25, -0.2) is 5.32 Å². The summed E-state index contributed by atoms with van der Waals surface area (Å²) in [5, 5.41) is 11.0. The van der Waals surface area contributed by atoms with E-state index in [1.165, 1.54) is 32.2 Å². The van der Waals surface area contributed by atoms with Crippen LogP contribution in [0.4, 0.5) is 0 Å². The van der Waals surface area contributed by atoms with Gasteiger partial charge in [0, 0.05) is 18.5 Å². The molecule has 0 radical (unpaired) electrons. The highest BCUT2D eigenvalue weighted by Crippen LogP contribution is 2.17. The molecule has 1 aliphatic rings. The summed E-state index contributed by atoms with van der Waals surface area (Å²) in [6.07, 6.45) is 6.06. The van der Waals surface area contributed by atoms with Crippen molar-refractivity contribution in [2.24, 2.45) is 0 Å². The second-order valence-electron chi connectivity index (χ2n) is 4.84. The molecular weight excluding hydrogens is 188 g/mol. The smallest absolute Gasteiger partial charge is 0.210 e. The monoisotopic (exact) mass is 215 g/mol. The predicted octanol–water partition coefficient (Wildman–Crippen LogP) is 1.30. The minimum absolute atomic E-state index is 0.0414. The third-order valence-electron chi connectivity index (χ3n) is 3.47. The van der Waals surface area contributed by atoms with Gasteiger partial charge in [0.25, 0.3) is 0 Å². The fourth-order valence-corrected chi connectivity index (χ4v) is 2.48. The zero-order valence-corrected chi connectivity index (χ0v) is 10.4. The third-order valence-corrected chi connectivity index (χ3v) is 3.47. The van der Waals surface area contributed by atoms with E-state index in [0.29, 0.717) is 12.1 Å². The van der Waals surface area contributed by atoms with Gasteiger partial charge in [0.2, 0.25) is 6.23 Å². The van der Waals surface area contributed by atoms with Crippen LogP contribution in [0.2, 0.25) is 0 Å². The molecule has 0 spiro atoms. The Bertz CT molecular complexity index is 175. The summed E-state index contributed by atoms with van der Waals surface area (Å²) in [7, 11) is 2.22. The van der Waals surface area contributed by atoms with Crippen molar-refractivity contribution in [1.29, 1.82) is 0 Å². The van der Waals surface area contributed by atoms with E-state index in [4.69, 9.17) is 5.11 Å². The van der Waals surface area contributed by atoms with E-state index in [1.807, 2.05) is 0 Å². The fourth-order valence-electron chi connectivity index (χ4n) is 2.48. The predicted molar refractivity (Wildman–Crippen MR) is 65.2 cm³/mol. The molecule has 0 aromatic carbocycles. The molecule has 0 amide bonds. The Morgan fingerprint density at radius 3 is 2.67 bits per heavy atom. The molecular formula is C12H27N2O+. The highest BCUT2D eigenvalue weighted by molar-refractivity contribution is 4.85. The summed E-state index contributed by atoms with van der Waals surface area (Å²) in [4.78, 5) is 2.47. The highest BCUT2D eigenvalue weighted by atomic mass is 16.3. The molecule has 1 unspecified atom stereocenters.